The van der Waals surface area contributed by atoms with Crippen LogP contribution in [0.2, 0.25) is 0 Å². The maximum Gasteiger partial charge on any atom is 0.411 e. The quantitative estimate of drug-likeness (QED) is 0.494. The molecule has 8 rings (SSSR count). The van der Waals surface area contributed by atoms with Gasteiger partial charge >= 0.3 is 12.1 Å². The molecule has 4 bridgehead atoms. The lowest BCUT2D eigenvalue weighted by molar-refractivity contribution is -0.144. The molecule has 4 aliphatic carbocycles. The van der Waals surface area contributed by atoms with Crippen molar-refractivity contribution < 1.29 is 29.0 Å². The Morgan fingerprint density at radius 3 is 2.44 bits per heavy atom. The van der Waals surface area contributed by atoms with E-state index in [9.17, 15) is 19.2 Å². The number of ether oxygens (including phenoxy) is 1. The lowest BCUT2D eigenvalue weighted by Gasteiger charge is -2.53. The summed E-state index contributed by atoms with van der Waals surface area (Å²) in [5.41, 5.74) is 2.91. The SMILES string of the molecule is O=C(O)CCNC(=O)[C@@H]1CCCN1C(=O)[C@H]1Cc2c([nH]c3ccccc23)CN1C(=O)OC1C2CC3CC(C2)CC1C3. The molecule has 10 heteroatoms. The van der Waals surface area contributed by atoms with Crippen LogP contribution in [0.15, 0.2) is 24.3 Å². The van der Waals surface area contributed by atoms with Crippen LogP contribution in [-0.2, 0) is 32.1 Å². The summed E-state index contributed by atoms with van der Waals surface area (Å²) in [5, 5.41) is 12.7. The van der Waals surface area contributed by atoms with Gasteiger partial charge in [0.05, 0.1) is 13.0 Å². The van der Waals surface area contributed by atoms with Crippen molar-refractivity contribution in [2.45, 2.75) is 82.5 Å². The van der Waals surface area contributed by atoms with Crippen LogP contribution in [0.4, 0.5) is 4.79 Å². The van der Waals surface area contributed by atoms with Gasteiger partial charge < -0.3 is 25.0 Å². The Balaban J connectivity index is 1.14. The largest absolute Gasteiger partial charge is 0.481 e. The van der Waals surface area contributed by atoms with Crippen LogP contribution in [0, 0.1) is 23.7 Å². The highest BCUT2D eigenvalue weighted by Crippen LogP contribution is 2.54. The van der Waals surface area contributed by atoms with Gasteiger partial charge in [-0.1, -0.05) is 18.2 Å². The van der Waals surface area contributed by atoms with Crippen LogP contribution in [0.1, 0.15) is 62.6 Å². The summed E-state index contributed by atoms with van der Waals surface area (Å²) in [5.74, 6) is 0.765. The number of amides is 3. The number of benzene rings is 1. The van der Waals surface area contributed by atoms with E-state index in [1.807, 2.05) is 24.3 Å². The van der Waals surface area contributed by atoms with E-state index in [-0.39, 0.29) is 37.4 Å². The number of nitrogens with one attached hydrogen (secondary N) is 2. The van der Waals surface area contributed by atoms with Gasteiger partial charge in [0.15, 0.2) is 0 Å². The molecule has 3 N–H and O–H groups in total. The molecule has 41 heavy (non-hydrogen) atoms. The summed E-state index contributed by atoms with van der Waals surface area (Å²) in [6.45, 7) is 0.681. The molecule has 3 heterocycles. The molecule has 3 amide bonds. The maximum atomic E-state index is 14.2. The van der Waals surface area contributed by atoms with Crippen molar-refractivity contribution in [3.05, 3.63) is 35.5 Å². The number of carboxylic acid groups (broad SMARTS) is 1. The minimum Gasteiger partial charge on any atom is -0.481 e. The first-order chi connectivity index (χ1) is 19.9. The fourth-order valence-corrected chi connectivity index (χ4v) is 8.78. The molecule has 2 aromatic rings. The van der Waals surface area contributed by atoms with E-state index in [4.69, 9.17) is 9.84 Å². The number of likely N-dealkylation sites (tertiary alicyclic amines) is 1. The molecule has 2 atom stereocenters. The summed E-state index contributed by atoms with van der Waals surface area (Å²) < 4.78 is 6.32. The van der Waals surface area contributed by atoms with Crippen molar-refractivity contribution in [1.29, 1.82) is 0 Å². The minimum absolute atomic E-state index is 0.0126. The average molecular weight is 563 g/mol. The van der Waals surface area contributed by atoms with E-state index in [1.165, 1.54) is 6.42 Å². The zero-order valence-corrected chi connectivity index (χ0v) is 23.2. The minimum atomic E-state index is -0.991. The first-order valence-corrected chi connectivity index (χ1v) is 15.2. The first-order valence-electron chi connectivity index (χ1n) is 15.2. The summed E-state index contributed by atoms with van der Waals surface area (Å²) in [7, 11) is 0. The lowest BCUT2D eigenvalue weighted by Crippen LogP contribution is -2.58. The molecule has 1 aromatic heterocycles. The number of hydrogen-bond donors (Lipinski definition) is 3. The molecule has 218 valence electrons. The summed E-state index contributed by atoms with van der Waals surface area (Å²) in [6, 6.07) is 6.51. The number of aliphatic carboxylic acids is 1. The van der Waals surface area contributed by atoms with Gasteiger partial charge in [0.1, 0.15) is 18.2 Å². The van der Waals surface area contributed by atoms with Crippen LogP contribution in [-0.4, -0.2) is 75.0 Å². The number of hydrogen-bond acceptors (Lipinski definition) is 5. The number of rotatable bonds is 6. The number of fused-ring (bicyclic) bond motifs is 3. The van der Waals surface area contributed by atoms with Crippen molar-refractivity contribution in [3.8, 4) is 0 Å². The third-order valence-corrected chi connectivity index (χ3v) is 10.4. The van der Waals surface area contributed by atoms with E-state index in [2.05, 4.69) is 10.3 Å². The monoisotopic (exact) mass is 562 g/mol. The Morgan fingerprint density at radius 2 is 1.71 bits per heavy atom. The number of aromatic nitrogens is 1. The average Bonchev–Trinajstić information content (AvgIpc) is 3.58. The second kappa shape index (κ2) is 10.4. The highest BCUT2D eigenvalue weighted by atomic mass is 16.6. The highest BCUT2D eigenvalue weighted by molar-refractivity contribution is 5.94. The van der Waals surface area contributed by atoms with Crippen molar-refractivity contribution in [2.24, 2.45) is 23.7 Å². The second-order valence-corrected chi connectivity index (χ2v) is 12.9. The van der Waals surface area contributed by atoms with Gasteiger partial charge in [0, 0.05) is 36.1 Å². The smallest absolute Gasteiger partial charge is 0.411 e. The van der Waals surface area contributed by atoms with Gasteiger partial charge in [-0.15, -0.1) is 0 Å². The summed E-state index contributed by atoms with van der Waals surface area (Å²) in [6.07, 6.45) is 6.67. The first kappa shape index (κ1) is 26.3. The fourth-order valence-electron chi connectivity index (χ4n) is 8.78. The third kappa shape index (κ3) is 4.75. The maximum absolute atomic E-state index is 14.2. The van der Waals surface area contributed by atoms with Crippen molar-refractivity contribution >= 4 is 34.8 Å². The molecule has 5 fully saturated rings. The second-order valence-electron chi connectivity index (χ2n) is 12.9. The van der Waals surface area contributed by atoms with Gasteiger partial charge in [-0.2, -0.15) is 0 Å². The number of carbonyl (C=O) groups excluding carboxylic acids is 3. The molecule has 0 spiro atoms. The van der Waals surface area contributed by atoms with Gasteiger partial charge in [-0.25, -0.2) is 4.79 Å². The molecule has 2 aliphatic heterocycles. The number of nitrogens with zero attached hydrogens (tertiary/aromatic N) is 2. The normalized spacial score (nSPS) is 31.8. The van der Waals surface area contributed by atoms with Gasteiger partial charge in [-0.3, -0.25) is 19.3 Å². The third-order valence-electron chi connectivity index (χ3n) is 10.4. The molecule has 0 radical (unpaired) electrons. The van der Waals surface area contributed by atoms with E-state index >= 15 is 0 Å². The van der Waals surface area contributed by atoms with Crippen LogP contribution < -0.4 is 5.32 Å². The standard InChI is InChI=1S/C31H38N4O6/c36-27(37)7-8-32-29(38)25-6-3-9-34(25)30(39)26-15-22-21-4-1-2-5-23(21)33-24(22)16-35(26)31(40)41-28-19-11-17-10-18(13-19)14-20(28)12-17/h1-2,4-5,17-20,25-26,28,33H,3,6-16H2,(H,32,38)(H,36,37)/t17?,18?,19?,20?,25-,26+,28?/m0/s1. The molecular weight excluding hydrogens is 524 g/mol. The lowest BCUT2D eigenvalue weighted by atomic mass is 9.55. The predicted octanol–water partition coefficient (Wildman–Crippen LogP) is 3.44. The van der Waals surface area contributed by atoms with Crippen LogP contribution in [0.3, 0.4) is 0 Å². The molecule has 1 saturated heterocycles. The van der Waals surface area contributed by atoms with E-state index < -0.39 is 24.1 Å². The van der Waals surface area contributed by atoms with Crippen molar-refractivity contribution in [2.75, 3.05) is 13.1 Å². The molecular formula is C31H38N4O6. The van der Waals surface area contributed by atoms with E-state index in [0.29, 0.717) is 37.6 Å². The molecule has 4 saturated carbocycles. The highest BCUT2D eigenvalue weighted by Gasteiger charge is 2.51. The Kier molecular flexibility index (Phi) is 6.66. The van der Waals surface area contributed by atoms with Crippen LogP contribution >= 0.6 is 0 Å². The van der Waals surface area contributed by atoms with Gasteiger partial charge in [0.2, 0.25) is 11.8 Å². The predicted molar refractivity (Wildman–Crippen MR) is 149 cm³/mol. The van der Waals surface area contributed by atoms with E-state index in [1.54, 1.807) is 9.80 Å². The number of carbonyl (C=O) groups is 4. The van der Waals surface area contributed by atoms with Crippen molar-refractivity contribution in [1.82, 2.24) is 20.1 Å². The fraction of sp³-hybridized carbons (Fsp3) is 0.613. The number of para-hydroxylation sites is 1. The van der Waals surface area contributed by atoms with Gasteiger partial charge in [0.25, 0.3) is 0 Å². The molecule has 1 aromatic carbocycles. The van der Waals surface area contributed by atoms with Gasteiger partial charge in [-0.05, 0) is 80.2 Å². The van der Waals surface area contributed by atoms with Crippen molar-refractivity contribution in [3.63, 3.8) is 0 Å². The Morgan fingerprint density at radius 1 is 0.976 bits per heavy atom. The Bertz CT molecular complexity index is 1360. The number of carboxylic acids is 1. The molecule has 10 nitrogen and oxygen atoms in total. The summed E-state index contributed by atoms with van der Waals surface area (Å²) >= 11 is 0. The molecule has 6 aliphatic rings. The topological polar surface area (TPSA) is 132 Å². The summed E-state index contributed by atoms with van der Waals surface area (Å²) in [4.78, 5) is 58.7. The Labute approximate surface area is 238 Å². The number of H-pyrrole nitrogens is 1. The van der Waals surface area contributed by atoms with Crippen LogP contribution in [0.25, 0.3) is 10.9 Å². The van der Waals surface area contributed by atoms with E-state index in [0.717, 1.165) is 59.7 Å². The number of aromatic amines is 1. The van der Waals surface area contributed by atoms with Crippen LogP contribution in [0.5, 0.6) is 0 Å². The zero-order valence-electron chi connectivity index (χ0n) is 23.2. The zero-order chi connectivity index (χ0) is 28.2. The Hall–Kier alpha value is -3.56. The molecule has 0 unspecified atom stereocenters.